The number of hydrogen-bond acceptors (Lipinski definition) is 3. The third-order valence-corrected chi connectivity index (χ3v) is 2.98. The Morgan fingerprint density at radius 1 is 1.57 bits per heavy atom. The van der Waals surface area contributed by atoms with Crippen molar-refractivity contribution in [2.75, 3.05) is 14.2 Å². The van der Waals surface area contributed by atoms with Gasteiger partial charge in [0.05, 0.1) is 7.11 Å². The summed E-state index contributed by atoms with van der Waals surface area (Å²) in [7, 11) is 3.00. The van der Waals surface area contributed by atoms with Crippen molar-refractivity contribution in [3.05, 3.63) is 25.1 Å². The molecule has 0 radical (unpaired) electrons. The van der Waals surface area contributed by atoms with Crippen molar-refractivity contribution in [1.29, 1.82) is 0 Å². The van der Waals surface area contributed by atoms with Gasteiger partial charge in [-0.15, -0.1) is 0 Å². The lowest BCUT2D eigenvalue weighted by atomic mass is 10.3. The summed E-state index contributed by atoms with van der Waals surface area (Å²) in [5.74, 6) is -0.242. The van der Waals surface area contributed by atoms with Crippen molar-refractivity contribution in [2.24, 2.45) is 0 Å². The molecule has 0 aromatic carbocycles. The number of hydroxylamine groups is 2. The minimum Gasteiger partial charge on any atom is -0.274 e. The van der Waals surface area contributed by atoms with Gasteiger partial charge in [0.1, 0.15) is 5.69 Å². The maximum atomic E-state index is 11.6. The largest absolute Gasteiger partial charge is 0.296 e. The highest BCUT2D eigenvalue weighted by molar-refractivity contribution is 14.1. The average Bonchev–Trinajstić information content (AvgIpc) is 2.15. The van der Waals surface area contributed by atoms with E-state index in [-0.39, 0.29) is 5.91 Å². The van der Waals surface area contributed by atoms with Crippen LogP contribution < -0.4 is 0 Å². The van der Waals surface area contributed by atoms with Crippen LogP contribution in [0.4, 0.5) is 0 Å². The Morgan fingerprint density at radius 2 is 2.21 bits per heavy atom. The molecule has 0 aliphatic rings. The van der Waals surface area contributed by atoms with E-state index in [1.165, 1.54) is 7.11 Å². The molecule has 0 N–H and O–H groups in total. The normalized spacial score (nSPS) is 10.0. The van der Waals surface area contributed by atoms with Gasteiger partial charge in [-0.2, -0.15) is 0 Å². The Balaban J connectivity index is 3.02. The SMILES string of the molecule is CON(C)C(=O)c1ncc(I)cc1I. The molecule has 0 fully saturated rings. The van der Waals surface area contributed by atoms with Crippen LogP contribution in [-0.4, -0.2) is 30.1 Å². The molecule has 14 heavy (non-hydrogen) atoms. The first-order chi connectivity index (χ1) is 6.56. The van der Waals surface area contributed by atoms with Gasteiger partial charge < -0.3 is 0 Å². The quantitative estimate of drug-likeness (QED) is 0.545. The summed E-state index contributed by atoms with van der Waals surface area (Å²) in [6.07, 6.45) is 1.65. The highest BCUT2D eigenvalue weighted by Gasteiger charge is 2.16. The van der Waals surface area contributed by atoms with Crippen molar-refractivity contribution in [3.63, 3.8) is 0 Å². The van der Waals surface area contributed by atoms with Gasteiger partial charge in [0.2, 0.25) is 0 Å². The van der Waals surface area contributed by atoms with E-state index >= 15 is 0 Å². The summed E-state index contributed by atoms with van der Waals surface area (Å²) in [4.78, 5) is 20.5. The Bertz CT molecular complexity index is 357. The number of pyridine rings is 1. The van der Waals surface area contributed by atoms with E-state index in [1.807, 2.05) is 6.07 Å². The topological polar surface area (TPSA) is 42.4 Å². The first-order valence-electron chi connectivity index (χ1n) is 3.69. The molecule has 0 saturated carbocycles. The van der Waals surface area contributed by atoms with E-state index in [1.54, 1.807) is 13.2 Å². The summed E-state index contributed by atoms with van der Waals surface area (Å²) < 4.78 is 1.83. The number of aromatic nitrogens is 1. The summed E-state index contributed by atoms with van der Waals surface area (Å²) in [5.41, 5.74) is 0.412. The van der Waals surface area contributed by atoms with Crippen molar-refractivity contribution < 1.29 is 9.63 Å². The summed E-state index contributed by atoms with van der Waals surface area (Å²) >= 11 is 4.23. The minimum absolute atomic E-state index is 0.242. The number of nitrogens with zero attached hydrogens (tertiary/aromatic N) is 2. The molecular formula is C8H8I2N2O2. The number of rotatable bonds is 2. The molecule has 0 saturated heterocycles. The standard InChI is InChI=1S/C8H8I2N2O2/c1-12(14-2)8(13)7-6(10)3-5(9)4-11-7/h3-4H,1-2H3. The fraction of sp³-hybridized carbons (Fsp3) is 0.250. The molecule has 1 aromatic heterocycles. The monoisotopic (exact) mass is 418 g/mol. The first kappa shape index (κ1) is 12.1. The van der Waals surface area contributed by atoms with Gasteiger partial charge >= 0.3 is 0 Å². The van der Waals surface area contributed by atoms with E-state index in [2.05, 4.69) is 50.2 Å². The Kier molecular flexibility index (Phi) is 4.51. The van der Waals surface area contributed by atoms with Crippen LogP contribution in [0.5, 0.6) is 0 Å². The molecule has 1 heterocycles. The molecule has 0 aliphatic carbocycles. The second kappa shape index (κ2) is 5.21. The lowest BCUT2D eigenvalue weighted by molar-refractivity contribution is -0.0761. The highest BCUT2D eigenvalue weighted by atomic mass is 127. The van der Waals surface area contributed by atoms with Crippen LogP contribution in [0.15, 0.2) is 12.3 Å². The van der Waals surface area contributed by atoms with E-state index in [0.717, 1.165) is 12.2 Å². The van der Waals surface area contributed by atoms with Crippen molar-refractivity contribution >= 4 is 51.1 Å². The molecule has 0 spiro atoms. The van der Waals surface area contributed by atoms with Crippen molar-refractivity contribution in [1.82, 2.24) is 10.0 Å². The van der Waals surface area contributed by atoms with Gasteiger partial charge in [-0.25, -0.2) is 10.0 Å². The Labute approximate surface area is 109 Å². The van der Waals surface area contributed by atoms with Gasteiger partial charge in [0, 0.05) is 20.4 Å². The fourth-order valence-electron chi connectivity index (χ4n) is 0.804. The summed E-state index contributed by atoms with van der Waals surface area (Å²) in [5, 5.41) is 1.15. The molecule has 0 aliphatic heterocycles. The van der Waals surface area contributed by atoms with E-state index in [0.29, 0.717) is 5.69 Å². The second-order valence-corrected chi connectivity index (χ2v) is 4.88. The molecule has 0 unspecified atom stereocenters. The van der Waals surface area contributed by atoms with Crippen LogP contribution in [0.3, 0.4) is 0 Å². The van der Waals surface area contributed by atoms with Gasteiger partial charge in [0.25, 0.3) is 5.91 Å². The van der Waals surface area contributed by atoms with E-state index < -0.39 is 0 Å². The van der Waals surface area contributed by atoms with Crippen LogP contribution in [0, 0.1) is 7.14 Å². The van der Waals surface area contributed by atoms with E-state index in [4.69, 9.17) is 4.84 Å². The molecule has 4 nitrogen and oxygen atoms in total. The highest BCUT2D eigenvalue weighted by Crippen LogP contribution is 2.14. The smallest absolute Gasteiger partial charge is 0.274 e. The predicted octanol–water partition coefficient (Wildman–Crippen LogP) is 1.92. The lowest BCUT2D eigenvalue weighted by Crippen LogP contribution is -2.27. The second-order valence-electron chi connectivity index (χ2n) is 2.47. The predicted molar refractivity (Wildman–Crippen MR) is 68.8 cm³/mol. The van der Waals surface area contributed by atoms with Crippen molar-refractivity contribution in [2.45, 2.75) is 0 Å². The molecule has 6 heteroatoms. The average molecular weight is 418 g/mol. The Morgan fingerprint density at radius 3 is 2.71 bits per heavy atom. The third kappa shape index (κ3) is 2.76. The molecule has 1 aromatic rings. The van der Waals surface area contributed by atoms with Crippen molar-refractivity contribution in [3.8, 4) is 0 Å². The molecule has 1 rings (SSSR count). The maximum Gasteiger partial charge on any atom is 0.296 e. The lowest BCUT2D eigenvalue weighted by Gasteiger charge is -2.13. The third-order valence-electron chi connectivity index (χ3n) is 1.57. The zero-order valence-corrected chi connectivity index (χ0v) is 11.9. The summed E-state index contributed by atoms with van der Waals surface area (Å²) in [6.45, 7) is 0. The van der Waals surface area contributed by atoms with Crippen LogP contribution in [0.1, 0.15) is 10.5 Å². The number of carbonyl (C=O) groups is 1. The first-order valence-corrected chi connectivity index (χ1v) is 5.85. The number of amides is 1. The zero-order valence-electron chi connectivity index (χ0n) is 7.62. The summed E-state index contributed by atoms with van der Waals surface area (Å²) in [6, 6.07) is 1.89. The molecule has 1 amide bonds. The maximum absolute atomic E-state index is 11.6. The van der Waals surface area contributed by atoms with Gasteiger partial charge in [-0.1, -0.05) is 0 Å². The van der Waals surface area contributed by atoms with E-state index in [9.17, 15) is 4.79 Å². The Hall–Kier alpha value is 0.0400. The van der Waals surface area contributed by atoms with Gasteiger partial charge in [-0.3, -0.25) is 9.63 Å². The van der Waals surface area contributed by atoms with Crippen LogP contribution in [-0.2, 0) is 4.84 Å². The van der Waals surface area contributed by atoms with Gasteiger partial charge in [0.15, 0.2) is 0 Å². The molecular weight excluding hydrogens is 410 g/mol. The number of hydrogen-bond donors (Lipinski definition) is 0. The number of halogens is 2. The zero-order chi connectivity index (χ0) is 10.7. The minimum atomic E-state index is -0.242. The molecule has 0 atom stereocenters. The molecule has 0 bridgehead atoms. The van der Waals surface area contributed by atoms with Crippen LogP contribution in [0.2, 0.25) is 0 Å². The number of carbonyl (C=O) groups excluding carboxylic acids is 1. The fourth-order valence-corrected chi connectivity index (χ4v) is 2.56. The molecule has 76 valence electrons. The van der Waals surface area contributed by atoms with Crippen LogP contribution in [0.25, 0.3) is 0 Å². The van der Waals surface area contributed by atoms with Crippen LogP contribution >= 0.6 is 45.2 Å². The van der Waals surface area contributed by atoms with Gasteiger partial charge in [-0.05, 0) is 51.2 Å².